The molecule has 53 heavy (non-hydrogen) atoms. The number of aromatic nitrogens is 1. The van der Waals surface area contributed by atoms with Gasteiger partial charge in [0, 0.05) is 88.6 Å². The van der Waals surface area contributed by atoms with Crippen LogP contribution in [-0.4, -0.2) is 67.4 Å². The molecule has 0 spiro atoms. The third-order valence-electron chi connectivity index (χ3n) is 10.2. The first-order valence-electron chi connectivity index (χ1n) is 17.7. The van der Waals surface area contributed by atoms with Crippen LogP contribution in [0.25, 0.3) is 16.5 Å². The predicted octanol–water partition coefficient (Wildman–Crippen LogP) is 8.26. The van der Waals surface area contributed by atoms with Gasteiger partial charge < -0.3 is 14.6 Å². The normalized spacial score (nSPS) is 17.2. The second kappa shape index (κ2) is 15.1. The highest BCUT2D eigenvalue weighted by molar-refractivity contribution is 7.90. The molecule has 2 N–H and O–H groups in total. The van der Waals surface area contributed by atoms with E-state index in [9.17, 15) is 17.4 Å². The molecular weight excluding hydrogens is 728 g/mol. The zero-order chi connectivity index (χ0) is 37.3. The molecule has 4 aromatic carbocycles. The van der Waals surface area contributed by atoms with Gasteiger partial charge in [0.15, 0.2) is 0 Å². The summed E-state index contributed by atoms with van der Waals surface area (Å²) >= 11 is 6.23. The summed E-state index contributed by atoms with van der Waals surface area (Å²) in [5.74, 6) is -0.0435. The number of hydrogen-bond acceptors (Lipinski definition) is 7. The number of aromatic amines is 1. The number of hydrogen-bond donors (Lipinski definition) is 2. The first-order chi connectivity index (χ1) is 25.3. The Morgan fingerprint density at radius 1 is 0.943 bits per heavy atom. The molecule has 1 saturated heterocycles. The van der Waals surface area contributed by atoms with E-state index in [1.807, 2.05) is 54.7 Å². The fourth-order valence-corrected chi connectivity index (χ4v) is 8.80. The Morgan fingerprint density at radius 3 is 2.40 bits per heavy atom. The number of carbonyl (C=O) groups excluding carboxylic acids is 1. The highest BCUT2D eigenvalue weighted by atomic mass is 35.5. The third-order valence-corrected chi connectivity index (χ3v) is 12.7. The zero-order valence-corrected chi connectivity index (χ0v) is 32.4. The number of nitrogens with one attached hydrogen (secondary N) is 2. The number of ether oxygens (including phenoxy) is 1. The summed E-state index contributed by atoms with van der Waals surface area (Å²) in [4.78, 5) is 22.0. The SMILES string of the molecule is CS(=O)c1ccc(S(=O)(=O)NC(=O)c2ccc(N3CCN(CC4=C(c5ccc(Cl)cc5)CC(C)(C)CC4)CC3)cc2Oc2cccc3[nH]ccc23)cc1. The minimum atomic E-state index is -4.23. The van der Waals surface area contributed by atoms with E-state index in [1.54, 1.807) is 6.07 Å². The fraction of sp³-hybridized carbons (Fsp3) is 0.293. The number of halogens is 1. The lowest BCUT2D eigenvalue weighted by Crippen LogP contribution is -2.47. The summed E-state index contributed by atoms with van der Waals surface area (Å²) in [5.41, 5.74) is 6.26. The number of allylic oxidation sites excluding steroid dienone is 1. The van der Waals surface area contributed by atoms with Crippen molar-refractivity contribution in [3.63, 3.8) is 0 Å². The van der Waals surface area contributed by atoms with E-state index < -0.39 is 26.7 Å². The van der Waals surface area contributed by atoms with E-state index >= 15 is 0 Å². The lowest BCUT2D eigenvalue weighted by atomic mass is 9.72. The fourth-order valence-electron chi connectivity index (χ4n) is 7.19. The van der Waals surface area contributed by atoms with Crippen molar-refractivity contribution in [2.45, 2.75) is 42.9 Å². The van der Waals surface area contributed by atoms with Crippen molar-refractivity contribution >= 4 is 60.5 Å². The van der Waals surface area contributed by atoms with Crippen LogP contribution in [0, 0.1) is 5.41 Å². The number of anilines is 1. The number of H-pyrrole nitrogens is 1. The largest absolute Gasteiger partial charge is 0.456 e. The molecule has 5 aromatic rings. The molecule has 7 rings (SSSR count). The van der Waals surface area contributed by atoms with Gasteiger partial charge in [0.05, 0.1) is 10.5 Å². The molecule has 1 aromatic heterocycles. The van der Waals surface area contributed by atoms with Crippen molar-refractivity contribution in [2.24, 2.45) is 5.41 Å². The standard InChI is InChI=1S/C41H43ClN4O5S2/c1-41(2)19-17-29(36(26-41)28-7-9-30(42)10-8-28)27-45-21-23-46(24-22-45)31-11-16-35(39(25-31)51-38-6-4-5-37-34(38)18-20-43-37)40(47)44-53(49,50)33-14-12-32(13-15-33)52(3)48/h4-16,18,20,25,43H,17,19,21-24,26-27H2,1-3H3,(H,44,47). The third kappa shape index (κ3) is 8.38. The molecule has 0 saturated carbocycles. The molecular formula is C41H43ClN4O5S2. The average molecular weight is 771 g/mol. The molecule has 9 nitrogen and oxygen atoms in total. The van der Waals surface area contributed by atoms with Gasteiger partial charge >= 0.3 is 0 Å². The molecule has 1 aliphatic carbocycles. The minimum Gasteiger partial charge on any atom is -0.456 e. The molecule has 1 unspecified atom stereocenters. The predicted molar refractivity (Wildman–Crippen MR) is 213 cm³/mol. The summed E-state index contributed by atoms with van der Waals surface area (Å²) in [5, 5.41) is 1.58. The lowest BCUT2D eigenvalue weighted by molar-refractivity contribution is 0.0979. The second-order valence-electron chi connectivity index (χ2n) is 14.5. The van der Waals surface area contributed by atoms with Crippen molar-refractivity contribution in [3.05, 3.63) is 119 Å². The average Bonchev–Trinajstić information content (AvgIpc) is 3.63. The van der Waals surface area contributed by atoms with Gasteiger partial charge in [-0.25, -0.2) is 13.1 Å². The molecule has 0 radical (unpaired) electrons. The van der Waals surface area contributed by atoms with Gasteiger partial charge in [0.1, 0.15) is 11.5 Å². The topological polar surface area (TPSA) is 112 Å². The Balaban J connectivity index is 1.12. The summed E-state index contributed by atoms with van der Waals surface area (Å²) < 4.78 is 47.0. The van der Waals surface area contributed by atoms with E-state index in [2.05, 4.69) is 45.5 Å². The van der Waals surface area contributed by atoms with Gasteiger partial charge in [0.25, 0.3) is 15.9 Å². The minimum absolute atomic E-state index is 0.0803. The molecule has 2 heterocycles. The molecule has 1 atom stereocenters. The maximum atomic E-state index is 13.7. The van der Waals surface area contributed by atoms with Gasteiger partial charge in [-0.2, -0.15) is 0 Å². The number of fused-ring (bicyclic) bond motifs is 1. The number of benzene rings is 4. The number of amides is 1. The summed E-state index contributed by atoms with van der Waals surface area (Å²) in [6.07, 6.45) is 6.60. The highest BCUT2D eigenvalue weighted by Gasteiger charge is 2.30. The molecule has 2 aliphatic rings. The molecule has 12 heteroatoms. The molecule has 1 amide bonds. The Morgan fingerprint density at radius 2 is 1.68 bits per heavy atom. The number of rotatable bonds is 10. The van der Waals surface area contributed by atoms with Crippen LogP contribution in [0.5, 0.6) is 11.5 Å². The maximum absolute atomic E-state index is 13.7. The Kier molecular flexibility index (Phi) is 10.5. The maximum Gasteiger partial charge on any atom is 0.268 e. The van der Waals surface area contributed by atoms with Crippen molar-refractivity contribution in [3.8, 4) is 11.5 Å². The Bertz CT molecular complexity index is 2310. The van der Waals surface area contributed by atoms with Gasteiger partial charge in [-0.05, 0) is 103 Å². The summed E-state index contributed by atoms with van der Waals surface area (Å²) in [6, 6.07) is 26.6. The zero-order valence-electron chi connectivity index (χ0n) is 30.0. The molecule has 0 bridgehead atoms. The monoisotopic (exact) mass is 770 g/mol. The number of sulfonamides is 1. The number of nitrogens with zero attached hydrogens (tertiary/aromatic N) is 2. The van der Waals surface area contributed by atoms with Gasteiger partial charge in [-0.3, -0.25) is 13.9 Å². The van der Waals surface area contributed by atoms with Crippen LogP contribution >= 0.6 is 11.6 Å². The molecule has 276 valence electrons. The lowest BCUT2D eigenvalue weighted by Gasteiger charge is -2.39. The van der Waals surface area contributed by atoms with E-state index in [0.29, 0.717) is 10.6 Å². The second-order valence-corrected chi connectivity index (χ2v) is 18.0. The van der Waals surface area contributed by atoms with Crippen LogP contribution in [0.4, 0.5) is 5.69 Å². The summed E-state index contributed by atoms with van der Waals surface area (Å²) in [6.45, 7) is 8.90. The van der Waals surface area contributed by atoms with Gasteiger partial charge in [-0.15, -0.1) is 0 Å². The molecule has 1 aliphatic heterocycles. The van der Waals surface area contributed by atoms with Crippen molar-refractivity contribution < 1.29 is 22.2 Å². The van der Waals surface area contributed by atoms with Crippen molar-refractivity contribution in [2.75, 3.05) is 43.9 Å². The van der Waals surface area contributed by atoms with Crippen molar-refractivity contribution in [1.29, 1.82) is 0 Å². The quantitative estimate of drug-likeness (QED) is 0.147. The number of piperazine rings is 1. The first-order valence-corrected chi connectivity index (χ1v) is 21.1. The number of carbonyl (C=O) groups is 1. The van der Waals surface area contributed by atoms with E-state index in [-0.39, 0.29) is 21.6 Å². The van der Waals surface area contributed by atoms with Crippen LogP contribution in [0.2, 0.25) is 5.02 Å². The summed E-state index contributed by atoms with van der Waals surface area (Å²) in [7, 11) is -5.50. The smallest absolute Gasteiger partial charge is 0.268 e. The first kappa shape index (κ1) is 36.9. The van der Waals surface area contributed by atoms with Gasteiger partial charge in [0.2, 0.25) is 0 Å². The van der Waals surface area contributed by atoms with Crippen LogP contribution in [0.1, 0.15) is 49.0 Å². The highest BCUT2D eigenvalue weighted by Crippen LogP contribution is 2.43. The van der Waals surface area contributed by atoms with Crippen LogP contribution in [0.3, 0.4) is 0 Å². The molecule has 1 fully saturated rings. The van der Waals surface area contributed by atoms with Crippen LogP contribution in [-0.2, 0) is 20.8 Å². The van der Waals surface area contributed by atoms with Gasteiger partial charge in [-0.1, -0.05) is 49.2 Å². The van der Waals surface area contributed by atoms with Crippen molar-refractivity contribution in [1.82, 2.24) is 14.6 Å². The van der Waals surface area contributed by atoms with E-state index in [4.69, 9.17) is 16.3 Å². The van der Waals surface area contributed by atoms with E-state index in [1.165, 1.54) is 47.2 Å². The Hall–Kier alpha value is -4.42. The Labute approximate surface area is 318 Å². The van der Waals surface area contributed by atoms with E-state index in [0.717, 1.165) is 73.6 Å². The van der Waals surface area contributed by atoms with Crippen LogP contribution in [0.15, 0.2) is 113 Å². The van der Waals surface area contributed by atoms with Crippen LogP contribution < -0.4 is 14.4 Å².